The van der Waals surface area contributed by atoms with Crippen LogP contribution < -0.4 is 5.32 Å². The molecule has 0 atom stereocenters. The van der Waals surface area contributed by atoms with E-state index in [9.17, 15) is 14.3 Å². The first kappa shape index (κ1) is 16.9. The number of amides is 1. The van der Waals surface area contributed by atoms with E-state index in [0.717, 1.165) is 24.8 Å². The van der Waals surface area contributed by atoms with Crippen LogP contribution in [0.1, 0.15) is 35.2 Å². The quantitative estimate of drug-likeness (QED) is 0.789. The summed E-state index contributed by atoms with van der Waals surface area (Å²) in [6.45, 7) is 0.267. The van der Waals surface area contributed by atoms with Crippen molar-refractivity contribution in [1.82, 2.24) is 10.3 Å². The Morgan fingerprint density at radius 2 is 2.04 bits per heavy atom. The standard InChI is InChI=1S/C18H19FN2O2S/c19-14-6-4-13(5-7-14)11-24-17-15(3-1-10-20-17)16(22)21-12-18(23)8-2-9-18/h1,3-7,10,23H,2,8-9,11-12H2,(H,21,22). The van der Waals surface area contributed by atoms with Crippen LogP contribution in [0.2, 0.25) is 0 Å². The molecular weight excluding hydrogens is 327 g/mol. The first-order valence-electron chi connectivity index (χ1n) is 7.89. The van der Waals surface area contributed by atoms with E-state index in [4.69, 9.17) is 0 Å². The second-order valence-electron chi connectivity index (χ2n) is 6.03. The van der Waals surface area contributed by atoms with Crippen LogP contribution in [0.5, 0.6) is 0 Å². The van der Waals surface area contributed by atoms with E-state index in [1.54, 1.807) is 30.5 Å². The van der Waals surface area contributed by atoms with Crippen LogP contribution in [0.25, 0.3) is 0 Å². The molecule has 1 aliphatic carbocycles. The smallest absolute Gasteiger partial charge is 0.254 e. The fourth-order valence-corrected chi connectivity index (χ4v) is 3.46. The average molecular weight is 346 g/mol. The summed E-state index contributed by atoms with van der Waals surface area (Å²) < 4.78 is 12.9. The largest absolute Gasteiger partial charge is 0.388 e. The van der Waals surface area contributed by atoms with E-state index in [2.05, 4.69) is 10.3 Å². The molecule has 0 unspecified atom stereocenters. The van der Waals surface area contributed by atoms with Gasteiger partial charge in [-0.1, -0.05) is 12.1 Å². The fourth-order valence-electron chi connectivity index (χ4n) is 2.51. The van der Waals surface area contributed by atoms with Gasteiger partial charge in [0.05, 0.1) is 11.2 Å². The van der Waals surface area contributed by atoms with Crippen molar-refractivity contribution >= 4 is 17.7 Å². The number of carbonyl (C=O) groups is 1. The van der Waals surface area contributed by atoms with Crippen LogP contribution in [0.3, 0.4) is 0 Å². The van der Waals surface area contributed by atoms with E-state index in [-0.39, 0.29) is 18.3 Å². The van der Waals surface area contributed by atoms with Crippen LogP contribution in [0.4, 0.5) is 4.39 Å². The van der Waals surface area contributed by atoms with Crippen molar-refractivity contribution in [2.75, 3.05) is 6.54 Å². The van der Waals surface area contributed by atoms with Gasteiger partial charge in [0.1, 0.15) is 10.8 Å². The number of nitrogens with one attached hydrogen (secondary N) is 1. The molecule has 6 heteroatoms. The molecule has 1 heterocycles. The Morgan fingerprint density at radius 1 is 1.29 bits per heavy atom. The molecule has 2 aromatic rings. The zero-order valence-electron chi connectivity index (χ0n) is 13.2. The number of nitrogens with zero attached hydrogens (tertiary/aromatic N) is 1. The van der Waals surface area contributed by atoms with Crippen molar-refractivity contribution in [3.05, 3.63) is 59.5 Å². The second kappa shape index (κ2) is 7.32. The summed E-state index contributed by atoms with van der Waals surface area (Å²) in [6, 6.07) is 9.71. The van der Waals surface area contributed by atoms with Gasteiger partial charge in [-0.3, -0.25) is 4.79 Å². The number of aliphatic hydroxyl groups is 1. The summed E-state index contributed by atoms with van der Waals surface area (Å²) in [5, 5.41) is 13.5. The van der Waals surface area contributed by atoms with Gasteiger partial charge in [-0.15, -0.1) is 11.8 Å². The van der Waals surface area contributed by atoms with Gasteiger partial charge >= 0.3 is 0 Å². The lowest BCUT2D eigenvalue weighted by atomic mass is 9.80. The van der Waals surface area contributed by atoms with Gasteiger partial charge in [-0.2, -0.15) is 0 Å². The van der Waals surface area contributed by atoms with Gasteiger partial charge in [0, 0.05) is 18.5 Å². The summed E-state index contributed by atoms with van der Waals surface area (Å²) >= 11 is 1.43. The molecule has 1 fully saturated rings. The first-order chi connectivity index (χ1) is 11.6. The van der Waals surface area contributed by atoms with E-state index in [1.807, 2.05) is 0 Å². The molecule has 1 aliphatic rings. The van der Waals surface area contributed by atoms with Crippen molar-refractivity contribution in [2.24, 2.45) is 0 Å². The molecule has 2 N–H and O–H groups in total. The maximum Gasteiger partial charge on any atom is 0.254 e. The maximum absolute atomic E-state index is 12.9. The van der Waals surface area contributed by atoms with E-state index in [0.29, 0.717) is 16.3 Å². The summed E-state index contributed by atoms with van der Waals surface area (Å²) in [7, 11) is 0. The van der Waals surface area contributed by atoms with Gasteiger partial charge in [-0.05, 0) is 49.1 Å². The Kier molecular flexibility index (Phi) is 5.16. The summed E-state index contributed by atoms with van der Waals surface area (Å²) in [5.41, 5.74) is 0.703. The number of pyridine rings is 1. The summed E-state index contributed by atoms with van der Waals surface area (Å²) in [4.78, 5) is 16.7. The third-order valence-corrected chi connectivity index (χ3v) is 5.24. The van der Waals surface area contributed by atoms with E-state index >= 15 is 0 Å². The van der Waals surface area contributed by atoms with Crippen molar-refractivity contribution in [1.29, 1.82) is 0 Å². The number of hydrogen-bond donors (Lipinski definition) is 2. The fraction of sp³-hybridized carbons (Fsp3) is 0.333. The first-order valence-corrected chi connectivity index (χ1v) is 8.87. The minimum atomic E-state index is -0.751. The van der Waals surface area contributed by atoms with Crippen LogP contribution >= 0.6 is 11.8 Å². The lowest BCUT2D eigenvalue weighted by molar-refractivity contribution is -0.0300. The molecule has 4 nitrogen and oxygen atoms in total. The van der Waals surface area contributed by atoms with Crippen LogP contribution in [-0.4, -0.2) is 28.1 Å². The number of halogens is 1. The topological polar surface area (TPSA) is 62.2 Å². The number of carbonyl (C=O) groups excluding carboxylic acids is 1. The number of benzene rings is 1. The van der Waals surface area contributed by atoms with E-state index < -0.39 is 5.60 Å². The molecule has 1 aromatic heterocycles. The van der Waals surface area contributed by atoms with E-state index in [1.165, 1.54) is 23.9 Å². The molecule has 1 amide bonds. The average Bonchev–Trinajstić information content (AvgIpc) is 2.58. The Hall–Kier alpha value is -1.92. The van der Waals surface area contributed by atoms with Crippen LogP contribution in [0.15, 0.2) is 47.6 Å². The molecule has 3 rings (SSSR count). The van der Waals surface area contributed by atoms with Gasteiger partial charge in [-0.25, -0.2) is 9.37 Å². The second-order valence-corrected chi connectivity index (χ2v) is 7.00. The van der Waals surface area contributed by atoms with Gasteiger partial charge in [0.25, 0.3) is 5.91 Å². The van der Waals surface area contributed by atoms with Crippen molar-refractivity contribution in [3.8, 4) is 0 Å². The normalized spacial score (nSPS) is 15.6. The number of hydrogen-bond acceptors (Lipinski definition) is 4. The van der Waals surface area contributed by atoms with Gasteiger partial charge in [0.2, 0.25) is 0 Å². The molecule has 126 valence electrons. The third-order valence-electron chi connectivity index (χ3n) is 4.17. The predicted octanol–water partition coefficient (Wildman–Crippen LogP) is 3.16. The molecule has 1 aromatic carbocycles. The highest BCUT2D eigenvalue weighted by Crippen LogP contribution is 2.31. The maximum atomic E-state index is 12.9. The molecule has 0 saturated heterocycles. The number of aromatic nitrogens is 1. The highest BCUT2D eigenvalue weighted by Gasteiger charge is 2.34. The van der Waals surface area contributed by atoms with Gasteiger partial charge < -0.3 is 10.4 Å². The minimum absolute atomic E-state index is 0.231. The lowest BCUT2D eigenvalue weighted by Crippen LogP contribution is -2.47. The third kappa shape index (κ3) is 4.13. The minimum Gasteiger partial charge on any atom is -0.388 e. The molecule has 0 radical (unpaired) electrons. The van der Waals surface area contributed by atoms with Crippen LogP contribution in [-0.2, 0) is 5.75 Å². The molecule has 1 saturated carbocycles. The Balaban J connectivity index is 1.63. The highest BCUT2D eigenvalue weighted by molar-refractivity contribution is 7.98. The molecule has 0 aliphatic heterocycles. The Bertz CT molecular complexity index is 717. The molecule has 24 heavy (non-hydrogen) atoms. The van der Waals surface area contributed by atoms with Crippen molar-refractivity contribution in [2.45, 2.75) is 35.6 Å². The molecular formula is C18H19FN2O2S. The predicted molar refractivity (Wildman–Crippen MR) is 91.3 cm³/mol. The number of thioether (sulfide) groups is 1. The van der Waals surface area contributed by atoms with Crippen molar-refractivity contribution in [3.63, 3.8) is 0 Å². The lowest BCUT2D eigenvalue weighted by Gasteiger charge is -2.36. The molecule has 0 spiro atoms. The summed E-state index contributed by atoms with van der Waals surface area (Å²) in [5.74, 6) is 0.0993. The highest BCUT2D eigenvalue weighted by atomic mass is 32.2. The SMILES string of the molecule is O=C(NCC1(O)CCC1)c1cccnc1SCc1ccc(F)cc1. The summed E-state index contributed by atoms with van der Waals surface area (Å²) in [6.07, 6.45) is 4.10. The number of rotatable bonds is 6. The monoisotopic (exact) mass is 346 g/mol. The zero-order chi connectivity index (χ0) is 17.0. The van der Waals surface area contributed by atoms with Gasteiger partial charge in [0.15, 0.2) is 0 Å². The van der Waals surface area contributed by atoms with Crippen molar-refractivity contribution < 1.29 is 14.3 Å². The Labute approximate surface area is 144 Å². The van der Waals surface area contributed by atoms with Crippen LogP contribution in [0, 0.1) is 5.82 Å². The molecule has 0 bridgehead atoms. The zero-order valence-corrected chi connectivity index (χ0v) is 14.0. The Morgan fingerprint density at radius 3 is 2.71 bits per heavy atom.